The first-order valence-electron chi connectivity index (χ1n) is 12.9. The van der Waals surface area contributed by atoms with Crippen molar-refractivity contribution in [3.63, 3.8) is 0 Å². The molecule has 8 nitrogen and oxygen atoms in total. The average Bonchev–Trinajstić information content (AvgIpc) is 3.26. The van der Waals surface area contributed by atoms with Crippen LogP contribution in [0.3, 0.4) is 0 Å². The van der Waals surface area contributed by atoms with Gasteiger partial charge in [-0.2, -0.15) is 5.10 Å². The maximum atomic E-state index is 13.4. The molecular weight excluding hydrogens is 468 g/mol. The predicted molar refractivity (Wildman–Crippen MR) is 143 cm³/mol. The molecule has 0 spiro atoms. The first-order chi connectivity index (χ1) is 18.0. The van der Waals surface area contributed by atoms with Crippen LogP contribution in [0, 0.1) is 0 Å². The zero-order valence-electron chi connectivity index (χ0n) is 22.1. The Bertz CT molecular complexity index is 1280. The molecule has 2 unspecified atom stereocenters. The van der Waals surface area contributed by atoms with E-state index >= 15 is 0 Å². The number of para-hydroxylation sites is 1. The van der Waals surface area contributed by atoms with E-state index in [9.17, 15) is 4.79 Å². The Kier molecular flexibility index (Phi) is 7.48. The summed E-state index contributed by atoms with van der Waals surface area (Å²) in [6, 6.07) is 14.6. The van der Waals surface area contributed by atoms with Crippen LogP contribution in [0.2, 0.25) is 0 Å². The van der Waals surface area contributed by atoms with Gasteiger partial charge in [0.05, 0.1) is 39.5 Å². The fourth-order valence-corrected chi connectivity index (χ4v) is 5.51. The van der Waals surface area contributed by atoms with Gasteiger partial charge in [-0.3, -0.25) is 14.4 Å². The molecule has 3 heterocycles. The van der Waals surface area contributed by atoms with Gasteiger partial charge < -0.3 is 19.5 Å². The molecule has 1 aromatic heterocycles. The first kappa shape index (κ1) is 25.3. The molecule has 1 N–H and O–H groups in total. The van der Waals surface area contributed by atoms with Gasteiger partial charge in [0.25, 0.3) is 5.91 Å². The standard InChI is InChI=1S/C29H36N4O4/c1-19(2)11-12-33-25-8-6-5-7-24(25)28(31-33)29(34)30-21-14-22-17-37-18-23(15-21)32(22)16-20-9-10-26(35-3)27(13-20)36-4/h5-11,13,21-23H,12,14-18H2,1-4H3,(H,30,34). The van der Waals surface area contributed by atoms with Crippen molar-refractivity contribution < 1.29 is 19.0 Å². The molecule has 2 aliphatic rings. The van der Waals surface area contributed by atoms with Crippen molar-refractivity contribution in [1.29, 1.82) is 0 Å². The number of piperidine rings is 1. The molecule has 0 radical (unpaired) electrons. The second kappa shape index (κ2) is 10.9. The molecule has 196 valence electrons. The SMILES string of the molecule is COc1ccc(CN2C3COCC2CC(NC(=O)c2nn(CC=C(C)C)c4ccccc24)C3)cc1OC. The molecule has 2 aliphatic heterocycles. The summed E-state index contributed by atoms with van der Waals surface area (Å²) in [5, 5.41) is 8.89. The summed E-state index contributed by atoms with van der Waals surface area (Å²) >= 11 is 0. The van der Waals surface area contributed by atoms with Crippen molar-refractivity contribution >= 4 is 16.8 Å². The highest BCUT2D eigenvalue weighted by Gasteiger charge is 2.39. The van der Waals surface area contributed by atoms with Crippen LogP contribution in [0.1, 0.15) is 42.7 Å². The van der Waals surface area contributed by atoms with Crippen LogP contribution in [-0.4, -0.2) is 66.1 Å². The van der Waals surface area contributed by atoms with Gasteiger partial charge in [-0.25, -0.2) is 0 Å². The van der Waals surface area contributed by atoms with E-state index < -0.39 is 0 Å². The maximum absolute atomic E-state index is 13.4. The Balaban J connectivity index is 1.30. The summed E-state index contributed by atoms with van der Waals surface area (Å²) in [7, 11) is 3.31. The van der Waals surface area contributed by atoms with Crippen LogP contribution in [0.5, 0.6) is 11.5 Å². The topological polar surface area (TPSA) is 77.9 Å². The molecule has 37 heavy (non-hydrogen) atoms. The highest BCUT2D eigenvalue weighted by molar-refractivity contribution is 6.05. The van der Waals surface area contributed by atoms with E-state index in [1.54, 1.807) is 14.2 Å². The Morgan fingerprint density at radius 3 is 2.51 bits per heavy atom. The van der Waals surface area contributed by atoms with Crippen molar-refractivity contribution in [1.82, 2.24) is 20.0 Å². The monoisotopic (exact) mass is 504 g/mol. The van der Waals surface area contributed by atoms with Crippen molar-refractivity contribution in [3.8, 4) is 11.5 Å². The number of carbonyl (C=O) groups is 1. The largest absolute Gasteiger partial charge is 0.493 e. The minimum Gasteiger partial charge on any atom is -0.493 e. The van der Waals surface area contributed by atoms with E-state index in [2.05, 4.69) is 36.2 Å². The number of hydrogen-bond donors (Lipinski definition) is 1. The van der Waals surface area contributed by atoms with Gasteiger partial charge in [-0.05, 0) is 50.5 Å². The van der Waals surface area contributed by atoms with E-state index in [0.29, 0.717) is 25.5 Å². The van der Waals surface area contributed by atoms with Gasteiger partial charge in [0.1, 0.15) is 0 Å². The number of methoxy groups -OCH3 is 2. The molecule has 2 bridgehead atoms. The molecule has 0 saturated carbocycles. The van der Waals surface area contributed by atoms with Gasteiger partial charge in [0.15, 0.2) is 17.2 Å². The lowest BCUT2D eigenvalue weighted by atomic mass is 9.89. The normalized spacial score (nSPS) is 21.5. The van der Waals surface area contributed by atoms with E-state index in [1.165, 1.54) is 11.1 Å². The average molecular weight is 505 g/mol. The van der Waals surface area contributed by atoms with Crippen molar-refractivity contribution in [2.24, 2.45) is 0 Å². The quantitative estimate of drug-likeness (QED) is 0.464. The van der Waals surface area contributed by atoms with Crippen LogP contribution in [0.15, 0.2) is 54.1 Å². The number of ether oxygens (including phenoxy) is 3. The van der Waals surface area contributed by atoms with E-state index in [4.69, 9.17) is 19.3 Å². The van der Waals surface area contributed by atoms with E-state index in [1.807, 2.05) is 41.1 Å². The molecular formula is C29H36N4O4. The Morgan fingerprint density at radius 1 is 1.08 bits per heavy atom. The minimum absolute atomic E-state index is 0.0785. The molecule has 3 aromatic rings. The zero-order valence-corrected chi connectivity index (χ0v) is 22.1. The molecule has 2 aromatic carbocycles. The zero-order chi connectivity index (χ0) is 25.9. The van der Waals surface area contributed by atoms with Crippen LogP contribution >= 0.6 is 0 Å². The lowest BCUT2D eigenvalue weighted by Crippen LogP contribution is -2.60. The Hall–Kier alpha value is -3.36. The molecule has 5 rings (SSSR count). The van der Waals surface area contributed by atoms with Gasteiger partial charge in [0.2, 0.25) is 0 Å². The summed E-state index contributed by atoms with van der Waals surface area (Å²) in [5.74, 6) is 1.36. The lowest BCUT2D eigenvalue weighted by Gasteiger charge is -2.48. The Morgan fingerprint density at radius 2 is 1.81 bits per heavy atom. The molecule has 1 amide bonds. The van der Waals surface area contributed by atoms with Crippen LogP contribution in [0.25, 0.3) is 10.9 Å². The predicted octanol–water partition coefficient (Wildman–Crippen LogP) is 4.18. The number of hydrogen-bond acceptors (Lipinski definition) is 6. The second-order valence-electron chi connectivity index (χ2n) is 10.2. The minimum atomic E-state index is -0.107. The summed E-state index contributed by atoms with van der Waals surface area (Å²) in [5.41, 5.74) is 3.86. The summed E-state index contributed by atoms with van der Waals surface area (Å²) in [4.78, 5) is 15.9. The highest BCUT2D eigenvalue weighted by Crippen LogP contribution is 2.33. The Labute approximate surface area is 218 Å². The number of fused-ring (bicyclic) bond motifs is 3. The molecule has 0 aliphatic carbocycles. The molecule has 2 atom stereocenters. The number of nitrogens with zero attached hydrogens (tertiary/aromatic N) is 3. The number of morpholine rings is 1. The number of carbonyl (C=O) groups excluding carboxylic acids is 1. The number of nitrogens with one attached hydrogen (secondary N) is 1. The van der Waals surface area contributed by atoms with Crippen molar-refractivity contribution in [3.05, 3.63) is 65.4 Å². The first-order valence-corrected chi connectivity index (χ1v) is 12.9. The number of allylic oxidation sites excluding steroid dienone is 2. The number of benzene rings is 2. The summed E-state index contributed by atoms with van der Waals surface area (Å²) in [6.45, 7) is 6.91. The fraction of sp³-hybridized carbons (Fsp3) is 0.448. The third kappa shape index (κ3) is 5.36. The van der Waals surface area contributed by atoms with E-state index in [0.717, 1.165) is 41.8 Å². The third-order valence-corrected chi connectivity index (χ3v) is 7.37. The van der Waals surface area contributed by atoms with Gasteiger partial charge in [-0.15, -0.1) is 0 Å². The van der Waals surface area contributed by atoms with Crippen molar-refractivity contribution in [2.75, 3.05) is 27.4 Å². The molecule has 8 heteroatoms. The van der Waals surface area contributed by atoms with Crippen molar-refractivity contribution in [2.45, 2.75) is 57.9 Å². The molecule has 2 saturated heterocycles. The molecule has 2 fully saturated rings. The maximum Gasteiger partial charge on any atom is 0.272 e. The summed E-state index contributed by atoms with van der Waals surface area (Å²) in [6.07, 6.45) is 3.80. The number of rotatable bonds is 8. The highest BCUT2D eigenvalue weighted by atomic mass is 16.5. The number of amides is 1. The van der Waals surface area contributed by atoms with E-state index in [-0.39, 0.29) is 24.0 Å². The van der Waals surface area contributed by atoms with Gasteiger partial charge >= 0.3 is 0 Å². The van der Waals surface area contributed by atoms with Gasteiger partial charge in [-0.1, -0.05) is 35.9 Å². The summed E-state index contributed by atoms with van der Waals surface area (Å²) < 4.78 is 18.7. The van der Waals surface area contributed by atoms with Gasteiger partial charge in [0, 0.05) is 30.1 Å². The fourth-order valence-electron chi connectivity index (χ4n) is 5.51. The lowest BCUT2D eigenvalue weighted by molar-refractivity contribution is -0.0843. The number of aromatic nitrogens is 2. The smallest absolute Gasteiger partial charge is 0.272 e. The second-order valence-corrected chi connectivity index (χ2v) is 10.2. The third-order valence-electron chi connectivity index (χ3n) is 7.37. The van der Waals surface area contributed by atoms with Crippen LogP contribution in [0.4, 0.5) is 0 Å². The van der Waals surface area contributed by atoms with Crippen LogP contribution < -0.4 is 14.8 Å². The van der Waals surface area contributed by atoms with Crippen LogP contribution in [-0.2, 0) is 17.8 Å².